The van der Waals surface area contributed by atoms with E-state index < -0.39 is 5.54 Å². The van der Waals surface area contributed by atoms with E-state index in [1.807, 2.05) is 13.8 Å². The Balaban J connectivity index is 4.30. The number of nitrogens with zero attached hydrogens (tertiary/aromatic N) is 1. The van der Waals surface area contributed by atoms with Gasteiger partial charge in [-0.3, -0.25) is 4.79 Å². The highest BCUT2D eigenvalue weighted by Crippen LogP contribution is 2.14. The van der Waals surface area contributed by atoms with Crippen molar-refractivity contribution in [1.29, 1.82) is 0 Å². The maximum Gasteiger partial charge on any atom is 0.242 e. The van der Waals surface area contributed by atoms with Crippen LogP contribution in [0.25, 0.3) is 0 Å². The van der Waals surface area contributed by atoms with E-state index in [0.29, 0.717) is 25.8 Å². The third-order valence-corrected chi connectivity index (χ3v) is 2.92. The van der Waals surface area contributed by atoms with Gasteiger partial charge in [-0.25, -0.2) is 0 Å². The highest BCUT2D eigenvalue weighted by molar-refractivity contribution is 5.85. The molecule has 0 aliphatic carbocycles. The molecule has 0 radical (unpaired) electrons. The fraction of sp³-hybridized carbons (Fsp3) is 0.909. The predicted octanol–water partition coefficient (Wildman–Crippen LogP) is 0.733. The topological polar surface area (TPSA) is 66.6 Å². The lowest BCUT2D eigenvalue weighted by atomic mass is 9.92. The number of likely N-dealkylation sites (N-methyl/N-ethyl adjacent to an activating group) is 1. The summed E-state index contributed by atoms with van der Waals surface area (Å²) >= 11 is 0. The molecule has 0 rings (SSSR count). The van der Waals surface area contributed by atoms with Gasteiger partial charge >= 0.3 is 0 Å². The Morgan fingerprint density at radius 2 is 1.93 bits per heavy atom. The summed E-state index contributed by atoms with van der Waals surface area (Å²) in [6, 6.07) is 0. The maximum absolute atomic E-state index is 12.0. The van der Waals surface area contributed by atoms with Crippen LogP contribution < -0.4 is 5.73 Å². The number of carbonyl (C=O) groups is 1. The molecule has 0 aromatic heterocycles. The van der Waals surface area contributed by atoms with Gasteiger partial charge in [-0.1, -0.05) is 13.8 Å². The molecular formula is C11H24N2O2. The molecule has 0 aromatic carbocycles. The minimum Gasteiger partial charge on any atom is -0.393 e. The molecule has 0 heterocycles. The average molecular weight is 216 g/mol. The van der Waals surface area contributed by atoms with Gasteiger partial charge in [0, 0.05) is 13.6 Å². The van der Waals surface area contributed by atoms with Crippen molar-refractivity contribution in [3.8, 4) is 0 Å². The molecule has 0 spiro atoms. The third-order valence-electron chi connectivity index (χ3n) is 2.92. The maximum atomic E-state index is 12.0. The van der Waals surface area contributed by atoms with Gasteiger partial charge in [0.1, 0.15) is 0 Å². The molecule has 0 aliphatic heterocycles. The van der Waals surface area contributed by atoms with Crippen LogP contribution in [0.4, 0.5) is 0 Å². The summed E-state index contributed by atoms with van der Waals surface area (Å²) in [6.45, 7) is 6.11. The number of hydrogen-bond acceptors (Lipinski definition) is 3. The number of carbonyl (C=O) groups excluding carboxylic acids is 1. The number of aliphatic hydroxyl groups excluding tert-OH is 1. The lowest BCUT2D eigenvalue weighted by Gasteiger charge is -2.31. The molecule has 0 bridgehead atoms. The zero-order valence-electron chi connectivity index (χ0n) is 10.3. The molecule has 4 heteroatoms. The summed E-state index contributed by atoms with van der Waals surface area (Å²) < 4.78 is 0. The molecule has 90 valence electrons. The van der Waals surface area contributed by atoms with Crippen molar-refractivity contribution in [3.05, 3.63) is 0 Å². The summed E-state index contributed by atoms with van der Waals surface area (Å²) in [5, 5.41) is 9.13. The number of nitrogens with two attached hydrogens (primary N) is 1. The number of amides is 1. The van der Waals surface area contributed by atoms with Gasteiger partial charge in [0.25, 0.3) is 0 Å². The summed E-state index contributed by atoms with van der Waals surface area (Å²) in [5.41, 5.74) is 5.25. The standard InChI is InChI=1S/C11H24N2O2/c1-5-11(12,6-2)10(15)13(4)8-7-9(3)14/h9,14H,5-8,12H2,1-4H3. The molecule has 15 heavy (non-hydrogen) atoms. The van der Waals surface area contributed by atoms with Gasteiger partial charge < -0.3 is 15.7 Å². The molecule has 0 aromatic rings. The van der Waals surface area contributed by atoms with Crippen LogP contribution in [0.1, 0.15) is 40.0 Å². The van der Waals surface area contributed by atoms with Gasteiger partial charge in [-0.2, -0.15) is 0 Å². The fourth-order valence-electron chi connectivity index (χ4n) is 1.41. The summed E-state index contributed by atoms with van der Waals surface area (Å²) in [5.74, 6) is -0.0341. The van der Waals surface area contributed by atoms with Gasteiger partial charge in [0.15, 0.2) is 0 Å². The minimum absolute atomic E-state index is 0.0341. The molecule has 0 aliphatic rings. The number of aliphatic hydroxyl groups is 1. The first-order chi connectivity index (χ1) is 6.87. The van der Waals surface area contributed by atoms with E-state index in [4.69, 9.17) is 10.8 Å². The van der Waals surface area contributed by atoms with E-state index in [1.54, 1.807) is 18.9 Å². The van der Waals surface area contributed by atoms with Gasteiger partial charge in [-0.15, -0.1) is 0 Å². The summed E-state index contributed by atoms with van der Waals surface area (Å²) in [4.78, 5) is 13.6. The van der Waals surface area contributed by atoms with E-state index >= 15 is 0 Å². The lowest BCUT2D eigenvalue weighted by molar-refractivity contribution is -0.136. The fourth-order valence-corrected chi connectivity index (χ4v) is 1.41. The zero-order chi connectivity index (χ0) is 12.1. The van der Waals surface area contributed by atoms with Crippen LogP contribution in [0, 0.1) is 0 Å². The van der Waals surface area contributed by atoms with Crippen LogP contribution in [0.3, 0.4) is 0 Å². The first kappa shape index (κ1) is 14.4. The number of rotatable bonds is 6. The van der Waals surface area contributed by atoms with E-state index in [2.05, 4.69) is 0 Å². The van der Waals surface area contributed by atoms with Crippen molar-refractivity contribution in [3.63, 3.8) is 0 Å². The van der Waals surface area contributed by atoms with E-state index in [0.717, 1.165) is 0 Å². The van der Waals surface area contributed by atoms with Crippen LogP contribution in [-0.4, -0.2) is 41.1 Å². The smallest absolute Gasteiger partial charge is 0.242 e. The van der Waals surface area contributed by atoms with E-state index in [-0.39, 0.29) is 12.0 Å². The van der Waals surface area contributed by atoms with E-state index in [1.165, 1.54) is 0 Å². The van der Waals surface area contributed by atoms with Crippen molar-refractivity contribution in [1.82, 2.24) is 4.90 Å². The third kappa shape index (κ3) is 4.18. The first-order valence-corrected chi connectivity index (χ1v) is 5.59. The van der Waals surface area contributed by atoms with Crippen LogP contribution in [0.15, 0.2) is 0 Å². The SMILES string of the molecule is CCC(N)(CC)C(=O)N(C)CCC(C)O. The summed E-state index contributed by atoms with van der Waals surface area (Å²) in [6.07, 6.45) is 1.49. The summed E-state index contributed by atoms with van der Waals surface area (Å²) in [7, 11) is 1.73. The monoisotopic (exact) mass is 216 g/mol. The first-order valence-electron chi connectivity index (χ1n) is 5.59. The molecule has 1 unspecified atom stereocenters. The molecular weight excluding hydrogens is 192 g/mol. The second-order valence-corrected chi connectivity index (χ2v) is 4.23. The Bertz CT molecular complexity index is 201. The van der Waals surface area contributed by atoms with Crippen molar-refractivity contribution < 1.29 is 9.90 Å². The highest BCUT2D eigenvalue weighted by atomic mass is 16.3. The second-order valence-electron chi connectivity index (χ2n) is 4.23. The molecule has 4 nitrogen and oxygen atoms in total. The quantitative estimate of drug-likeness (QED) is 0.688. The lowest BCUT2D eigenvalue weighted by Crippen LogP contribution is -2.53. The van der Waals surface area contributed by atoms with Crippen molar-refractivity contribution >= 4 is 5.91 Å². The van der Waals surface area contributed by atoms with Gasteiger partial charge in [-0.05, 0) is 26.2 Å². The van der Waals surface area contributed by atoms with E-state index in [9.17, 15) is 4.79 Å². The highest BCUT2D eigenvalue weighted by Gasteiger charge is 2.32. The largest absolute Gasteiger partial charge is 0.393 e. The van der Waals surface area contributed by atoms with Gasteiger partial charge in [0.2, 0.25) is 5.91 Å². The Morgan fingerprint density at radius 3 is 2.27 bits per heavy atom. The Hall–Kier alpha value is -0.610. The van der Waals surface area contributed by atoms with Gasteiger partial charge in [0.05, 0.1) is 11.6 Å². The van der Waals surface area contributed by atoms with Crippen molar-refractivity contribution in [2.24, 2.45) is 5.73 Å². The van der Waals surface area contributed by atoms with Crippen LogP contribution >= 0.6 is 0 Å². The van der Waals surface area contributed by atoms with Crippen LogP contribution in [-0.2, 0) is 4.79 Å². The van der Waals surface area contributed by atoms with Crippen molar-refractivity contribution in [2.45, 2.75) is 51.7 Å². The van der Waals surface area contributed by atoms with Crippen LogP contribution in [0.5, 0.6) is 0 Å². The Kier molecular flexibility index (Phi) is 5.83. The molecule has 0 saturated carbocycles. The predicted molar refractivity (Wildman–Crippen MR) is 61.4 cm³/mol. The van der Waals surface area contributed by atoms with Crippen LogP contribution in [0.2, 0.25) is 0 Å². The molecule has 0 fully saturated rings. The Morgan fingerprint density at radius 1 is 1.47 bits per heavy atom. The average Bonchev–Trinajstić information content (AvgIpc) is 2.23. The Labute approximate surface area is 92.4 Å². The number of hydrogen-bond donors (Lipinski definition) is 2. The molecule has 3 N–H and O–H groups in total. The zero-order valence-corrected chi connectivity index (χ0v) is 10.3. The normalized spacial score (nSPS) is 13.7. The molecule has 0 saturated heterocycles. The minimum atomic E-state index is -0.743. The van der Waals surface area contributed by atoms with Crippen molar-refractivity contribution in [2.75, 3.05) is 13.6 Å². The molecule has 1 atom stereocenters. The second kappa shape index (κ2) is 6.08. The molecule has 1 amide bonds.